The Morgan fingerprint density at radius 2 is 1.48 bits per heavy atom. The normalized spacial score (nSPS) is 15.7. The first-order valence-electron chi connectivity index (χ1n) is 9.64. The van der Waals surface area contributed by atoms with E-state index in [1.165, 1.54) is 6.42 Å². The summed E-state index contributed by atoms with van der Waals surface area (Å²) >= 11 is 0. The highest BCUT2D eigenvalue weighted by atomic mass is 16.2. The molecule has 1 aromatic carbocycles. The van der Waals surface area contributed by atoms with Gasteiger partial charge in [0.1, 0.15) is 6.04 Å². The molecule has 0 spiro atoms. The Bertz CT molecular complexity index is 652. The van der Waals surface area contributed by atoms with Crippen LogP contribution in [-0.4, -0.2) is 29.9 Å². The smallest absolute Gasteiger partial charge is 0.321 e. The molecule has 27 heavy (non-hydrogen) atoms. The van der Waals surface area contributed by atoms with Gasteiger partial charge >= 0.3 is 6.03 Å². The molecule has 1 saturated carbocycles. The van der Waals surface area contributed by atoms with Gasteiger partial charge in [0.2, 0.25) is 11.8 Å². The van der Waals surface area contributed by atoms with E-state index >= 15 is 0 Å². The number of carbonyl (C=O) groups excluding carboxylic acids is 3. The van der Waals surface area contributed by atoms with Gasteiger partial charge in [0.05, 0.1) is 0 Å². The van der Waals surface area contributed by atoms with Gasteiger partial charge < -0.3 is 16.0 Å². The Kier molecular flexibility index (Phi) is 7.64. The Balaban J connectivity index is 1.79. The highest BCUT2D eigenvalue weighted by molar-refractivity contribution is 5.98. The van der Waals surface area contributed by atoms with E-state index in [0.29, 0.717) is 5.69 Å². The lowest BCUT2D eigenvalue weighted by Gasteiger charge is -2.23. The lowest BCUT2D eigenvalue weighted by molar-refractivity contribution is -0.120. The number of carbonyl (C=O) groups is 3. The quantitative estimate of drug-likeness (QED) is 0.614. The lowest BCUT2D eigenvalue weighted by atomic mass is 9.96. The van der Waals surface area contributed by atoms with Crippen molar-refractivity contribution in [1.82, 2.24) is 10.6 Å². The Hall–Kier alpha value is -2.57. The molecule has 1 aliphatic carbocycles. The highest BCUT2D eigenvalue weighted by Gasteiger charge is 2.19. The molecule has 1 fully saturated rings. The summed E-state index contributed by atoms with van der Waals surface area (Å²) in [6.07, 6.45) is 5.37. The molecule has 0 aliphatic heterocycles. The van der Waals surface area contributed by atoms with Crippen LogP contribution in [0.3, 0.4) is 0 Å². The first-order chi connectivity index (χ1) is 12.8. The van der Waals surface area contributed by atoms with Gasteiger partial charge in [-0.3, -0.25) is 14.9 Å². The predicted molar refractivity (Wildman–Crippen MR) is 107 cm³/mol. The number of imide groups is 1. The van der Waals surface area contributed by atoms with E-state index in [1.807, 2.05) is 13.8 Å². The van der Waals surface area contributed by atoms with E-state index in [4.69, 9.17) is 0 Å². The number of hydrogen-bond acceptors (Lipinski definition) is 4. The molecule has 1 aliphatic rings. The number of rotatable bonds is 6. The number of benzene rings is 1. The molecule has 148 valence electrons. The van der Waals surface area contributed by atoms with Gasteiger partial charge in [-0.25, -0.2) is 4.79 Å². The van der Waals surface area contributed by atoms with E-state index in [2.05, 4.69) is 21.3 Å². The summed E-state index contributed by atoms with van der Waals surface area (Å²) in [5.74, 6) is -0.529. The van der Waals surface area contributed by atoms with E-state index < -0.39 is 12.1 Å². The van der Waals surface area contributed by atoms with Crippen molar-refractivity contribution in [2.45, 2.75) is 65.0 Å². The second-order valence-electron chi connectivity index (χ2n) is 7.38. The molecule has 0 saturated heterocycles. The van der Waals surface area contributed by atoms with Crippen LogP contribution in [0.2, 0.25) is 0 Å². The van der Waals surface area contributed by atoms with E-state index in [9.17, 15) is 14.4 Å². The summed E-state index contributed by atoms with van der Waals surface area (Å²) in [5.41, 5.74) is 1.43. The summed E-state index contributed by atoms with van der Waals surface area (Å²) in [4.78, 5) is 35.9. The topological polar surface area (TPSA) is 99.3 Å². The van der Waals surface area contributed by atoms with Crippen molar-refractivity contribution in [2.75, 3.05) is 10.6 Å². The van der Waals surface area contributed by atoms with Gasteiger partial charge in [-0.05, 0) is 44.0 Å². The fourth-order valence-corrected chi connectivity index (χ4v) is 2.94. The van der Waals surface area contributed by atoms with Crippen molar-refractivity contribution in [3.63, 3.8) is 0 Å². The molecule has 1 unspecified atom stereocenters. The summed E-state index contributed by atoms with van der Waals surface area (Å²) in [6.45, 7) is 5.35. The molecule has 2 rings (SSSR count). The number of anilines is 2. The molecular weight excluding hydrogens is 344 g/mol. The zero-order chi connectivity index (χ0) is 19.8. The lowest BCUT2D eigenvalue weighted by Crippen LogP contribution is -2.49. The average molecular weight is 374 g/mol. The number of urea groups is 1. The number of nitrogens with one attached hydrogen (secondary N) is 4. The molecule has 0 radical (unpaired) electrons. The summed E-state index contributed by atoms with van der Waals surface area (Å²) in [5, 5.41) is 11.1. The second kappa shape index (κ2) is 9.94. The molecule has 7 heteroatoms. The van der Waals surface area contributed by atoms with Gasteiger partial charge in [0, 0.05) is 23.3 Å². The predicted octanol–water partition coefficient (Wildman–Crippen LogP) is 3.24. The van der Waals surface area contributed by atoms with E-state index in [0.717, 1.165) is 31.4 Å². The Morgan fingerprint density at radius 3 is 2.07 bits per heavy atom. The van der Waals surface area contributed by atoms with Gasteiger partial charge in [0.15, 0.2) is 0 Å². The third kappa shape index (κ3) is 6.92. The minimum absolute atomic E-state index is 0.0487. The van der Waals surface area contributed by atoms with Crippen LogP contribution in [0, 0.1) is 5.92 Å². The maximum Gasteiger partial charge on any atom is 0.321 e. The van der Waals surface area contributed by atoms with E-state index in [-0.39, 0.29) is 23.8 Å². The van der Waals surface area contributed by atoms with Crippen LogP contribution in [0.4, 0.5) is 16.2 Å². The SMILES string of the molecule is CC(C)C(=O)Nc1ccc(NC(C)C(=O)NC(=O)NC2CCCCC2)cc1. The maximum atomic E-state index is 12.2. The molecule has 1 atom stereocenters. The first kappa shape index (κ1) is 20.7. The third-order valence-corrected chi connectivity index (χ3v) is 4.63. The first-order valence-corrected chi connectivity index (χ1v) is 9.64. The van der Waals surface area contributed by atoms with Crippen molar-refractivity contribution < 1.29 is 14.4 Å². The van der Waals surface area contributed by atoms with Crippen molar-refractivity contribution >= 4 is 29.2 Å². The van der Waals surface area contributed by atoms with Crippen LogP contribution in [0.25, 0.3) is 0 Å². The fraction of sp³-hybridized carbons (Fsp3) is 0.550. The van der Waals surface area contributed by atoms with Crippen LogP contribution in [0.15, 0.2) is 24.3 Å². The average Bonchev–Trinajstić information content (AvgIpc) is 2.63. The largest absolute Gasteiger partial charge is 0.374 e. The number of amides is 4. The molecule has 7 nitrogen and oxygen atoms in total. The van der Waals surface area contributed by atoms with Crippen molar-refractivity contribution in [2.24, 2.45) is 5.92 Å². The second-order valence-corrected chi connectivity index (χ2v) is 7.38. The van der Waals surface area contributed by atoms with Crippen molar-refractivity contribution in [3.8, 4) is 0 Å². The Morgan fingerprint density at radius 1 is 0.889 bits per heavy atom. The molecule has 4 N–H and O–H groups in total. The number of hydrogen-bond donors (Lipinski definition) is 4. The standard InChI is InChI=1S/C20H30N4O3/c1-13(2)18(25)22-17-11-9-16(10-12-17)21-14(3)19(26)24-20(27)23-15-7-5-4-6-8-15/h9-15,21H,4-8H2,1-3H3,(H,22,25)(H2,23,24,26,27). The van der Waals surface area contributed by atoms with Crippen molar-refractivity contribution in [1.29, 1.82) is 0 Å². The zero-order valence-electron chi connectivity index (χ0n) is 16.3. The monoisotopic (exact) mass is 374 g/mol. The highest BCUT2D eigenvalue weighted by Crippen LogP contribution is 2.17. The fourth-order valence-electron chi connectivity index (χ4n) is 2.94. The van der Waals surface area contributed by atoms with Gasteiger partial charge in [-0.1, -0.05) is 33.1 Å². The molecule has 1 aromatic rings. The summed E-state index contributed by atoms with van der Waals surface area (Å²) < 4.78 is 0. The van der Waals surface area contributed by atoms with Crippen LogP contribution >= 0.6 is 0 Å². The summed E-state index contributed by atoms with van der Waals surface area (Å²) in [6, 6.07) is 6.24. The molecular formula is C20H30N4O3. The maximum absolute atomic E-state index is 12.2. The zero-order valence-corrected chi connectivity index (χ0v) is 16.3. The van der Waals surface area contributed by atoms with Crippen molar-refractivity contribution in [3.05, 3.63) is 24.3 Å². The van der Waals surface area contributed by atoms with Crippen LogP contribution in [0.1, 0.15) is 52.9 Å². The van der Waals surface area contributed by atoms with Crippen LogP contribution < -0.4 is 21.3 Å². The Labute approximate surface area is 160 Å². The summed E-state index contributed by atoms with van der Waals surface area (Å²) in [7, 11) is 0. The molecule has 4 amide bonds. The van der Waals surface area contributed by atoms with Crippen LogP contribution in [0.5, 0.6) is 0 Å². The van der Waals surface area contributed by atoms with Gasteiger partial charge in [-0.15, -0.1) is 0 Å². The molecule has 0 bridgehead atoms. The van der Waals surface area contributed by atoms with Gasteiger partial charge in [0.25, 0.3) is 0 Å². The van der Waals surface area contributed by atoms with Gasteiger partial charge in [-0.2, -0.15) is 0 Å². The van der Waals surface area contributed by atoms with Crippen LogP contribution in [-0.2, 0) is 9.59 Å². The molecule has 0 aromatic heterocycles. The van der Waals surface area contributed by atoms with E-state index in [1.54, 1.807) is 31.2 Å². The third-order valence-electron chi connectivity index (χ3n) is 4.63. The minimum Gasteiger partial charge on any atom is -0.374 e. The minimum atomic E-state index is -0.571. The molecule has 0 heterocycles.